The number of hydrogen-bond acceptors (Lipinski definition) is 4. The van der Waals surface area contributed by atoms with E-state index < -0.39 is 0 Å². The van der Waals surface area contributed by atoms with Crippen LogP contribution >= 0.6 is 34.5 Å². The van der Waals surface area contributed by atoms with E-state index in [0.717, 1.165) is 32.9 Å². The van der Waals surface area contributed by atoms with E-state index in [2.05, 4.69) is 11.6 Å². The van der Waals surface area contributed by atoms with Crippen LogP contribution in [0.25, 0.3) is 11.3 Å². The van der Waals surface area contributed by atoms with Gasteiger partial charge in [-0.15, -0.1) is 17.9 Å². The lowest BCUT2D eigenvalue weighted by molar-refractivity contribution is 0.306. The van der Waals surface area contributed by atoms with Crippen molar-refractivity contribution in [3.63, 3.8) is 0 Å². The standard InChI is InChI=1S/C26H21Cl2N3OS/c1-2-13-29-26-31(25(18-33-26)23-12-11-21(27)15-24(23)28)30-16-20-9-6-10-22(14-20)32-17-19-7-4-3-5-8-19/h2-12,14-16,18H,1,13,17H2/b29-26?,30-16-. The Kier molecular flexibility index (Phi) is 7.79. The molecule has 33 heavy (non-hydrogen) atoms. The average Bonchev–Trinajstić information content (AvgIpc) is 3.23. The summed E-state index contributed by atoms with van der Waals surface area (Å²) >= 11 is 14.0. The van der Waals surface area contributed by atoms with Crippen molar-refractivity contribution in [3.8, 4) is 17.0 Å². The highest BCUT2D eigenvalue weighted by Crippen LogP contribution is 2.30. The highest BCUT2D eigenvalue weighted by molar-refractivity contribution is 7.07. The molecule has 0 spiro atoms. The maximum Gasteiger partial charge on any atom is 0.206 e. The molecule has 0 N–H and O–H groups in total. The number of aromatic nitrogens is 1. The molecule has 0 bridgehead atoms. The lowest BCUT2D eigenvalue weighted by Crippen LogP contribution is -2.12. The second-order valence-electron chi connectivity index (χ2n) is 7.06. The first kappa shape index (κ1) is 23.1. The Hall–Kier alpha value is -3.12. The molecule has 4 rings (SSSR count). The first-order chi connectivity index (χ1) is 16.1. The maximum atomic E-state index is 6.46. The predicted molar refractivity (Wildman–Crippen MR) is 139 cm³/mol. The van der Waals surface area contributed by atoms with Gasteiger partial charge in [-0.3, -0.25) is 4.99 Å². The van der Waals surface area contributed by atoms with E-state index in [1.165, 1.54) is 11.3 Å². The first-order valence-electron chi connectivity index (χ1n) is 10.2. The first-order valence-corrected chi connectivity index (χ1v) is 11.9. The molecular formula is C26H21Cl2N3OS. The lowest BCUT2D eigenvalue weighted by atomic mass is 10.2. The van der Waals surface area contributed by atoms with Crippen molar-refractivity contribution in [1.82, 2.24) is 4.68 Å². The summed E-state index contributed by atoms with van der Waals surface area (Å²) in [4.78, 5) is 5.31. The van der Waals surface area contributed by atoms with Gasteiger partial charge >= 0.3 is 0 Å². The summed E-state index contributed by atoms with van der Waals surface area (Å²) in [6.45, 7) is 4.75. The van der Waals surface area contributed by atoms with Gasteiger partial charge in [0.15, 0.2) is 0 Å². The quantitative estimate of drug-likeness (QED) is 0.191. The summed E-state index contributed by atoms with van der Waals surface area (Å²) < 4.78 is 7.72. The van der Waals surface area contributed by atoms with Gasteiger partial charge in [0.25, 0.3) is 0 Å². The van der Waals surface area contributed by atoms with Crippen LogP contribution < -0.4 is 9.54 Å². The minimum Gasteiger partial charge on any atom is -0.489 e. The largest absolute Gasteiger partial charge is 0.489 e. The van der Waals surface area contributed by atoms with Crippen molar-refractivity contribution in [2.75, 3.05) is 6.54 Å². The zero-order valence-corrected chi connectivity index (χ0v) is 20.0. The zero-order valence-electron chi connectivity index (χ0n) is 17.7. The minimum atomic E-state index is 0.493. The molecule has 0 atom stereocenters. The van der Waals surface area contributed by atoms with Crippen LogP contribution in [-0.2, 0) is 6.61 Å². The average molecular weight is 494 g/mol. The summed E-state index contributed by atoms with van der Waals surface area (Å²) in [5.74, 6) is 0.774. The van der Waals surface area contributed by atoms with Gasteiger partial charge in [-0.2, -0.15) is 5.10 Å². The molecule has 1 aromatic heterocycles. The van der Waals surface area contributed by atoms with Crippen molar-refractivity contribution < 1.29 is 4.74 Å². The van der Waals surface area contributed by atoms with Crippen molar-refractivity contribution in [1.29, 1.82) is 0 Å². The molecule has 0 unspecified atom stereocenters. The third kappa shape index (κ3) is 6.02. The molecule has 166 valence electrons. The minimum absolute atomic E-state index is 0.493. The molecule has 4 aromatic rings. The summed E-state index contributed by atoms with van der Waals surface area (Å²) in [6.07, 6.45) is 3.53. The Balaban J connectivity index is 1.63. The second kappa shape index (κ2) is 11.1. The number of nitrogens with zero attached hydrogens (tertiary/aromatic N) is 3. The van der Waals surface area contributed by atoms with E-state index in [-0.39, 0.29) is 0 Å². The number of halogens is 2. The Morgan fingerprint density at radius 1 is 1.00 bits per heavy atom. The molecule has 0 aliphatic rings. The van der Waals surface area contributed by atoms with Gasteiger partial charge in [-0.05, 0) is 41.5 Å². The molecule has 1 heterocycles. The third-order valence-corrected chi connectivity index (χ3v) is 6.08. The number of ether oxygens (including phenoxy) is 1. The van der Waals surface area contributed by atoms with E-state index in [1.54, 1.807) is 23.0 Å². The Labute approximate surface area is 206 Å². The van der Waals surface area contributed by atoms with Crippen LogP contribution in [0.15, 0.2) is 101 Å². The van der Waals surface area contributed by atoms with Crippen LogP contribution in [0.3, 0.4) is 0 Å². The van der Waals surface area contributed by atoms with Crippen LogP contribution in [-0.4, -0.2) is 17.4 Å². The van der Waals surface area contributed by atoms with Gasteiger partial charge in [-0.1, -0.05) is 71.7 Å². The van der Waals surface area contributed by atoms with Crippen LogP contribution in [0, 0.1) is 0 Å². The van der Waals surface area contributed by atoms with Gasteiger partial charge in [0.2, 0.25) is 4.80 Å². The van der Waals surface area contributed by atoms with Gasteiger partial charge in [0, 0.05) is 16.0 Å². The second-order valence-corrected chi connectivity index (χ2v) is 8.74. The number of hydrogen-bond donors (Lipinski definition) is 0. The summed E-state index contributed by atoms with van der Waals surface area (Å²) in [5, 5.41) is 7.83. The fraction of sp³-hybridized carbons (Fsp3) is 0.0769. The van der Waals surface area contributed by atoms with Crippen LogP contribution in [0.4, 0.5) is 0 Å². The fourth-order valence-corrected chi connectivity index (χ4v) is 4.44. The topological polar surface area (TPSA) is 38.9 Å². The summed E-state index contributed by atoms with van der Waals surface area (Å²) in [5.41, 5.74) is 3.68. The van der Waals surface area contributed by atoms with E-state index in [9.17, 15) is 0 Å². The summed E-state index contributed by atoms with van der Waals surface area (Å²) in [7, 11) is 0. The molecule has 0 amide bonds. The van der Waals surface area contributed by atoms with Gasteiger partial charge in [0.1, 0.15) is 12.4 Å². The van der Waals surface area contributed by atoms with Crippen LogP contribution in [0.2, 0.25) is 10.0 Å². The van der Waals surface area contributed by atoms with Crippen molar-refractivity contribution in [2.24, 2.45) is 10.1 Å². The predicted octanol–water partition coefficient (Wildman–Crippen LogP) is 7.07. The number of rotatable bonds is 8. The molecule has 0 radical (unpaired) electrons. The maximum absolute atomic E-state index is 6.46. The molecule has 0 aliphatic heterocycles. The van der Waals surface area contributed by atoms with E-state index in [0.29, 0.717) is 23.2 Å². The van der Waals surface area contributed by atoms with E-state index in [1.807, 2.05) is 72.1 Å². The van der Waals surface area contributed by atoms with Crippen LogP contribution in [0.5, 0.6) is 5.75 Å². The highest BCUT2D eigenvalue weighted by atomic mass is 35.5. The number of benzene rings is 3. The van der Waals surface area contributed by atoms with E-state index in [4.69, 9.17) is 33.0 Å². The Morgan fingerprint density at radius 3 is 2.64 bits per heavy atom. The molecule has 7 heteroatoms. The normalized spacial score (nSPS) is 11.8. The molecule has 0 fully saturated rings. The third-order valence-electron chi connectivity index (χ3n) is 4.68. The Bertz CT molecular complexity index is 1340. The van der Waals surface area contributed by atoms with Gasteiger partial charge < -0.3 is 4.74 Å². The summed E-state index contributed by atoms with van der Waals surface area (Å²) in [6, 6.07) is 23.3. The van der Waals surface area contributed by atoms with Crippen molar-refractivity contribution in [2.45, 2.75) is 6.61 Å². The lowest BCUT2D eigenvalue weighted by Gasteiger charge is -2.08. The zero-order chi connectivity index (χ0) is 23.0. The molecule has 0 saturated carbocycles. The SMILES string of the molecule is C=CCN=c1scc(-c2ccc(Cl)cc2Cl)n1/N=C\c1cccc(OCc2ccccc2)c1. The van der Waals surface area contributed by atoms with E-state index >= 15 is 0 Å². The molecular weight excluding hydrogens is 473 g/mol. The number of thiazole rings is 1. The molecule has 4 nitrogen and oxygen atoms in total. The smallest absolute Gasteiger partial charge is 0.206 e. The van der Waals surface area contributed by atoms with Crippen molar-refractivity contribution >= 4 is 40.8 Å². The fourth-order valence-electron chi connectivity index (χ4n) is 3.09. The molecule has 0 aliphatic carbocycles. The Morgan fingerprint density at radius 2 is 1.85 bits per heavy atom. The van der Waals surface area contributed by atoms with Crippen LogP contribution in [0.1, 0.15) is 11.1 Å². The highest BCUT2D eigenvalue weighted by Gasteiger charge is 2.11. The van der Waals surface area contributed by atoms with Gasteiger partial charge in [0.05, 0.1) is 23.5 Å². The van der Waals surface area contributed by atoms with Gasteiger partial charge in [-0.25, -0.2) is 4.68 Å². The monoisotopic (exact) mass is 493 g/mol. The van der Waals surface area contributed by atoms with Crippen molar-refractivity contribution in [3.05, 3.63) is 117 Å². The molecule has 0 saturated heterocycles. The molecule has 3 aromatic carbocycles.